The molecule has 0 spiro atoms. The van der Waals surface area contributed by atoms with Crippen molar-refractivity contribution in [3.63, 3.8) is 0 Å². The van der Waals surface area contributed by atoms with Gasteiger partial charge in [0, 0.05) is 19.1 Å². The third kappa shape index (κ3) is 2.25. The molecule has 3 unspecified atom stereocenters. The third-order valence-electron chi connectivity index (χ3n) is 3.08. The van der Waals surface area contributed by atoms with Gasteiger partial charge in [0.2, 0.25) is 0 Å². The maximum Gasteiger partial charge on any atom is 0.0929 e. The molecular formula is C10H19NO3. The van der Waals surface area contributed by atoms with Crippen molar-refractivity contribution in [2.45, 2.75) is 31.6 Å². The Morgan fingerprint density at radius 2 is 2.00 bits per heavy atom. The van der Waals surface area contributed by atoms with Gasteiger partial charge in [-0.2, -0.15) is 0 Å². The molecule has 4 heteroatoms. The molecule has 0 aromatic carbocycles. The summed E-state index contributed by atoms with van der Waals surface area (Å²) >= 11 is 0. The molecule has 82 valence electrons. The first-order chi connectivity index (χ1) is 6.77. The van der Waals surface area contributed by atoms with Gasteiger partial charge in [-0.3, -0.25) is 4.90 Å². The van der Waals surface area contributed by atoms with Crippen molar-refractivity contribution in [1.29, 1.82) is 0 Å². The summed E-state index contributed by atoms with van der Waals surface area (Å²) in [5.41, 5.74) is 0. The smallest absolute Gasteiger partial charge is 0.0929 e. The van der Waals surface area contributed by atoms with E-state index in [9.17, 15) is 5.11 Å². The quantitative estimate of drug-likeness (QED) is 0.641. The van der Waals surface area contributed by atoms with Gasteiger partial charge in [-0.25, -0.2) is 0 Å². The highest BCUT2D eigenvalue weighted by atomic mass is 16.5. The molecule has 0 saturated carbocycles. The largest absolute Gasteiger partial charge is 0.389 e. The van der Waals surface area contributed by atoms with Gasteiger partial charge >= 0.3 is 0 Å². The zero-order valence-electron chi connectivity index (χ0n) is 8.69. The van der Waals surface area contributed by atoms with Crippen LogP contribution in [0.25, 0.3) is 0 Å². The standard InChI is InChI=1S/C10H19NO3/c1-8-6-9(10(12)7-14-8)11-2-4-13-5-3-11/h8-10,12H,2-7H2,1H3. The van der Waals surface area contributed by atoms with Crippen molar-refractivity contribution < 1.29 is 14.6 Å². The monoisotopic (exact) mass is 201 g/mol. The van der Waals surface area contributed by atoms with E-state index in [1.807, 2.05) is 0 Å². The summed E-state index contributed by atoms with van der Waals surface area (Å²) in [6.07, 6.45) is 0.872. The Bertz CT molecular complexity index is 182. The fourth-order valence-electron chi connectivity index (χ4n) is 2.24. The van der Waals surface area contributed by atoms with E-state index in [4.69, 9.17) is 9.47 Å². The predicted molar refractivity (Wildman–Crippen MR) is 52.2 cm³/mol. The first-order valence-electron chi connectivity index (χ1n) is 5.39. The molecule has 3 atom stereocenters. The SMILES string of the molecule is CC1CC(N2CCOCC2)C(O)CO1. The highest BCUT2D eigenvalue weighted by Crippen LogP contribution is 2.20. The average molecular weight is 201 g/mol. The molecule has 2 aliphatic heterocycles. The van der Waals surface area contributed by atoms with Crippen LogP contribution in [-0.4, -0.2) is 61.2 Å². The van der Waals surface area contributed by atoms with Gasteiger partial charge in [-0.05, 0) is 13.3 Å². The Labute approximate surface area is 84.8 Å². The highest BCUT2D eigenvalue weighted by molar-refractivity contribution is 4.85. The Hall–Kier alpha value is -0.160. The second-order valence-electron chi connectivity index (χ2n) is 4.16. The van der Waals surface area contributed by atoms with Crippen LogP contribution in [0.3, 0.4) is 0 Å². The van der Waals surface area contributed by atoms with Crippen molar-refractivity contribution in [3.05, 3.63) is 0 Å². The van der Waals surface area contributed by atoms with E-state index in [1.54, 1.807) is 0 Å². The summed E-state index contributed by atoms with van der Waals surface area (Å²) in [7, 11) is 0. The average Bonchev–Trinajstić information content (AvgIpc) is 2.23. The molecule has 2 saturated heterocycles. The lowest BCUT2D eigenvalue weighted by molar-refractivity contribution is -0.111. The van der Waals surface area contributed by atoms with Crippen molar-refractivity contribution in [1.82, 2.24) is 4.90 Å². The molecule has 0 aromatic heterocycles. The number of aliphatic hydroxyl groups excluding tert-OH is 1. The van der Waals surface area contributed by atoms with Crippen molar-refractivity contribution in [2.75, 3.05) is 32.9 Å². The fraction of sp³-hybridized carbons (Fsp3) is 1.00. The van der Waals surface area contributed by atoms with Crippen LogP contribution in [-0.2, 0) is 9.47 Å². The summed E-state index contributed by atoms with van der Waals surface area (Å²) in [6, 6.07) is 0.266. The minimum Gasteiger partial charge on any atom is -0.389 e. The van der Waals surface area contributed by atoms with E-state index in [1.165, 1.54) is 0 Å². The number of hydrogen-bond acceptors (Lipinski definition) is 4. The molecule has 14 heavy (non-hydrogen) atoms. The van der Waals surface area contributed by atoms with E-state index < -0.39 is 0 Å². The van der Waals surface area contributed by atoms with Crippen LogP contribution in [0.15, 0.2) is 0 Å². The van der Waals surface area contributed by atoms with Crippen LogP contribution >= 0.6 is 0 Å². The van der Waals surface area contributed by atoms with Crippen molar-refractivity contribution >= 4 is 0 Å². The van der Waals surface area contributed by atoms with E-state index in [0.29, 0.717) is 6.61 Å². The van der Waals surface area contributed by atoms with E-state index in [-0.39, 0.29) is 18.2 Å². The van der Waals surface area contributed by atoms with E-state index >= 15 is 0 Å². The van der Waals surface area contributed by atoms with Crippen LogP contribution in [0, 0.1) is 0 Å². The Balaban J connectivity index is 1.92. The third-order valence-corrected chi connectivity index (χ3v) is 3.08. The molecule has 2 aliphatic rings. The number of nitrogens with zero attached hydrogens (tertiary/aromatic N) is 1. The summed E-state index contributed by atoms with van der Waals surface area (Å²) in [6.45, 7) is 6.00. The Kier molecular flexibility index (Phi) is 3.38. The second-order valence-corrected chi connectivity index (χ2v) is 4.16. The highest BCUT2D eigenvalue weighted by Gasteiger charge is 2.32. The van der Waals surface area contributed by atoms with E-state index in [0.717, 1.165) is 32.7 Å². The molecule has 0 amide bonds. The van der Waals surface area contributed by atoms with Crippen LogP contribution in [0.5, 0.6) is 0 Å². The maximum atomic E-state index is 9.83. The molecule has 0 bridgehead atoms. The van der Waals surface area contributed by atoms with Crippen LogP contribution in [0.4, 0.5) is 0 Å². The van der Waals surface area contributed by atoms with Gasteiger partial charge in [-0.1, -0.05) is 0 Å². The summed E-state index contributed by atoms with van der Waals surface area (Å²) < 4.78 is 10.7. The maximum absolute atomic E-state index is 9.83. The van der Waals surface area contributed by atoms with Gasteiger partial charge in [-0.15, -0.1) is 0 Å². The van der Waals surface area contributed by atoms with Crippen molar-refractivity contribution in [2.24, 2.45) is 0 Å². The zero-order valence-corrected chi connectivity index (χ0v) is 8.69. The first-order valence-corrected chi connectivity index (χ1v) is 5.39. The van der Waals surface area contributed by atoms with Crippen LogP contribution < -0.4 is 0 Å². The molecule has 4 nitrogen and oxygen atoms in total. The summed E-state index contributed by atoms with van der Waals surface area (Å²) in [5.74, 6) is 0. The Morgan fingerprint density at radius 3 is 2.71 bits per heavy atom. The number of rotatable bonds is 1. The lowest BCUT2D eigenvalue weighted by atomic mass is 9.99. The van der Waals surface area contributed by atoms with Gasteiger partial charge in [0.05, 0.1) is 32.0 Å². The minimum atomic E-state index is -0.329. The predicted octanol–water partition coefficient (Wildman–Crippen LogP) is -0.143. The molecule has 1 N–H and O–H groups in total. The van der Waals surface area contributed by atoms with Gasteiger partial charge < -0.3 is 14.6 Å². The zero-order chi connectivity index (χ0) is 9.97. The lowest BCUT2D eigenvalue weighted by Crippen LogP contribution is -2.54. The normalized spacial score (nSPS) is 41.1. The van der Waals surface area contributed by atoms with E-state index in [2.05, 4.69) is 11.8 Å². The molecule has 0 radical (unpaired) electrons. The van der Waals surface area contributed by atoms with Gasteiger partial charge in [0.15, 0.2) is 0 Å². The van der Waals surface area contributed by atoms with Gasteiger partial charge in [0.1, 0.15) is 0 Å². The number of hydrogen-bond donors (Lipinski definition) is 1. The Morgan fingerprint density at radius 1 is 1.29 bits per heavy atom. The molecule has 0 aliphatic carbocycles. The number of ether oxygens (including phenoxy) is 2. The fourth-order valence-corrected chi connectivity index (χ4v) is 2.24. The second kappa shape index (κ2) is 4.57. The molecule has 2 fully saturated rings. The summed E-state index contributed by atoms with van der Waals surface area (Å²) in [4.78, 5) is 2.33. The first kappa shape index (κ1) is 10.4. The number of aliphatic hydroxyl groups is 1. The molecule has 2 heterocycles. The topological polar surface area (TPSA) is 41.9 Å². The molecule has 0 aromatic rings. The summed E-state index contributed by atoms with van der Waals surface area (Å²) in [5, 5.41) is 9.83. The molecule has 2 rings (SSSR count). The van der Waals surface area contributed by atoms with Gasteiger partial charge in [0.25, 0.3) is 0 Å². The van der Waals surface area contributed by atoms with Crippen LogP contribution in [0.2, 0.25) is 0 Å². The van der Waals surface area contributed by atoms with Crippen molar-refractivity contribution in [3.8, 4) is 0 Å². The minimum absolute atomic E-state index is 0.266. The molecular weight excluding hydrogens is 182 g/mol. The number of morpholine rings is 1. The lowest BCUT2D eigenvalue weighted by Gasteiger charge is -2.41. The van der Waals surface area contributed by atoms with Crippen LogP contribution in [0.1, 0.15) is 13.3 Å².